The molecule has 0 amide bonds. The van der Waals surface area contributed by atoms with E-state index in [1.54, 1.807) is 14.2 Å². The molecule has 1 unspecified atom stereocenters. The Morgan fingerprint density at radius 2 is 1.76 bits per heavy atom. The van der Waals surface area contributed by atoms with E-state index >= 15 is 0 Å². The van der Waals surface area contributed by atoms with Gasteiger partial charge in [-0.2, -0.15) is 0 Å². The lowest BCUT2D eigenvalue weighted by Gasteiger charge is -2.14. The molecule has 0 aromatic heterocycles. The van der Waals surface area contributed by atoms with Crippen LogP contribution >= 0.6 is 27.5 Å². The van der Waals surface area contributed by atoms with Crippen LogP contribution in [0.4, 0.5) is 0 Å². The Hall–Kier alpha value is -1.19. The highest BCUT2D eigenvalue weighted by molar-refractivity contribution is 9.10. The maximum atomic E-state index is 6.57. The van der Waals surface area contributed by atoms with Crippen LogP contribution in [0.2, 0.25) is 0 Å². The van der Waals surface area contributed by atoms with E-state index in [9.17, 15) is 0 Å². The summed E-state index contributed by atoms with van der Waals surface area (Å²) < 4.78 is 11.6. The van der Waals surface area contributed by atoms with Crippen LogP contribution < -0.4 is 9.47 Å². The third-order valence-corrected chi connectivity index (χ3v) is 4.43. The average Bonchev–Trinajstić information content (AvgIpc) is 2.46. The van der Waals surface area contributed by atoms with Gasteiger partial charge in [0.25, 0.3) is 0 Å². The van der Waals surface area contributed by atoms with Gasteiger partial charge in [0, 0.05) is 4.47 Å². The van der Waals surface area contributed by atoms with Crippen molar-refractivity contribution in [2.45, 2.75) is 18.7 Å². The molecule has 0 radical (unpaired) electrons. The van der Waals surface area contributed by atoms with E-state index in [2.05, 4.69) is 41.1 Å². The largest absolute Gasteiger partial charge is 0.493 e. The fraction of sp³-hybridized carbons (Fsp3) is 0.294. The average molecular weight is 370 g/mol. The van der Waals surface area contributed by atoms with Crippen LogP contribution in [0.15, 0.2) is 40.9 Å². The second-order valence-electron chi connectivity index (χ2n) is 4.89. The number of halogens is 2. The molecule has 0 N–H and O–H groups in total. The lowest BCUT2D eigenvalue weighted by molar-refractivity contribution is 0.354. The topological polar surface area (TPSA) is 18.5 Å². The van der Waals surface area contributed by atoms with Gasteiger partial charge in [-0.05, 0) is 48.2 Å². The molecule has 0 fully saturated rings. The Morgan fingerprint density at radius 3 is 2.38 bits per heavy atom. The molecule has 0 aliphatic rings. The standard InChI is InChI=1S/C17H18BrClO2/c1-11-4-6-13(14(18)8-11)15(19)9-12-5-7-16(20-2)17(10-12)21-3/h4-8,10,15H,9H2,1-3H3. The predicted octanol–water partition coefficient (Wildman–Crippen LogP) is 5.30. The lowest BCUT2D eigenvalue weighted by atomic mass is 10.0. The number of ether oxygens (including phenoxy) is 2. The van der Waals surface area contributed by atoms with E-state index in [-0.39, 0.29) is 5.38 Å². The van der Waals surface area contributed by atoms with Crippen LogP contribution in [-0.2, 0) is 6.42 Å². The molecule has 0 bridgehead atoms. The van der Waals surface area contributed by atoms with Crippen molar-refractivity contribution >= 4 is 27.5 Å². The predicted molar refractivity (Wildman–Crippen MR) is 90.7 cm³/mol. The maximum absolute atomic E-state index is 6.57. The number of benzene rings is 2. The smallest absolute Gasteiger partial charge is 0.160 e. The third kappa shape index (κ3) is 3.92. The summed E-state index contributed by atoms with van der Waals surface area (Å²) in [4.78, 5) is 0. The maximum Gasteiger partial charge on any atom is 0.160 e. The summed E-state index contributed by atoms with van der Waals surface area (Å²) in [5, 5.41) is -0.0990. The Labute approximate surface area is 139 Å². The molecule has 112 valence electrons. The monoisotopic (exact) mass is 368 g/mol. The number of aryl methyl sites for hydroxylation is 1. The van der Waals surface area contributed by atoms with Crippen LogP contribution in [0.5, 0.6) is 11.5 Å². The summed E-state index contributed by atoms with van der Waals surface area (Å²) in [5.74, 6) is 1.45. The van der Waals surface area contributed by atoms with Gasteiger partial charge in [-0.15, -0.1) is 11.6 Å². The number of hydrogen-bond donors (Lipinski definition) is 0. The number of hydrogen-bond acceptors (Lipinski definition) is 2. The van der Waals surface area contributed by atoms with Crippen molar-refractivity contribution in [1.82, 2.24) is 0 Å². The van der Waals surface area contributed by atoms with Gasteiger partial charge >= 0.3 is 0 Å². The van der Waals surface area contributed by atoms with Gasteiger partial charge in [-0.1, -0.05) is 34.1 Å². The van der Waals surface area contributed by atoms with Gasteiger partial charge in [-0.25, -0.2) is 0 Å². The number of rotatable bonds is 5. The third-order valence-electron chi connectivity index (χ3n) is 3.36. The first kappa shape index (κ1) is 16.2. The first-order valence-corrected chi connectivity index (χ1v) is 7.89. The second kappa shape index (κ2) is 7.19. The zero-order chi connectivity index (χ0) is 15.4. The highest BCUT2D eigenvalue weighted by atomic mass is 79.9. The van der Waals surface area contributed by atoms with E-state index < -0.39 is 0 Å². The minimum absolute atomic E-state index is 0.0990. The minimum atomic E-state index is -0.0990. The summed E-state index contributed by atoms with van der Waals surface area (Å²) in [6.07, 6.45) is 0.726. The van der Waals surface area contributed by atoms with Crippen molar-refractivity contribution < 1.29 is 9.47 Å². The molecular weight excluding hydrogens is 352 g/mol. The first-order chi connectivity index (χ1) is 10.0. The summed E-state index contributed by atoms with van der Waals surface area (Å²) in [6.45, 7) is 2.06. The van der Waals surface area contributed by atoms with Gasteiger partial charge in [0.2, 0.25) is 0 Å². The molecule has 2 rings (SSSR count). The molecule has 0 aliphatic heterocycles. The van der Waals surface area contributed by atoms with Crippen LogP contribution in [0.25, 0.3) is 0 Å². The highest BCUT2D eigenvalue weighted by Crippen LogP contribution is 2.34. The normalized spacial score (nSPS) is 12.0. The van der Waals surface area contributed by atoms with E-state index in [1.165, 1.54) is 5.56 Å². The molecule has 0 aliphatic carbocycles. The van der Waals surface area contributed by atoms with Crippen LogP contribution in [0, 0.1) is 6.92 Å². The molecule has 2 nitrogen and oxygen atoms in total. The molecule has 2 aromatic rings. The van der Waals surface area contributed by atoms with Crippen LogP contribution in [0.1, 0.15) is 22.1 Å². The quantitative estimate of drug-likeness (QED) is 0.666. The van der Waals surface area contributed by atoms with Gasteiger partial charge in [0.1, 0.15) is 0 Å². The number of alkyl halides is 1. The highest BCUT2D eigenvalue weighted by Gasteiger charge is 2.14. The Balaban J connectivity index is 2.21. The lowest BCUT2D eigenvalue weighted by Crippen LogP contribution is -1.99. The molecule has 0 saturated heterocycles. The van der Waals surface area contributed by atoms with Gasteiger partial charge in [0.05, 0.1) is 19.6 Å². The summed E-state index contributed by atoms with van der Waals surface area (Å²) in [5.41, 5.74) is 3.41. The fourth-order valence-electron chi connectivity index (χ4n) is 2.21. The van der Waals surface area contributed by atoms with Crippen molar-refractivity contribution in [2.75, 3.05) is 14.2 Å². The van der Waals surface area contributed by atoms with Crippen molar-refractivity contribution in [3.05, 3.63) is 57.6 Å². The molecule has 0 spiro atoms. The molecule has 21 heavy (non-hydrogen) atoms. The second-order valence-corrected chi connectivity index (χ2v) is 6.27. The van der Waals surface area contributed by atoms with Gasteiger partial charge in [0.15, 0.2) is 11.5 Å². The molecular formula is C17H18BrClO2. The van der Waals surface area contributed by atoms with Crippen LogP contribution in [0.3, 0.4) is 0 Å². The summed E-state index contributed by atoms with van der Waals surface area (Å²) >= 11 is 10.1. The van der Waals surface area contributed by atoms with Crippen LogP contribution in [-0.4, -0.2) is 14.2 Å². The molecule has 0 heterocycles. The Kier molecular flexibility index (Phi) is 5.54. The minimum Gasteiger partial charge on any atom is -0.493 e. The summed E-state index contributed by atoms with van der Waals surface area (Å²) in [6, 6.07) is 12.1. The zero-order valence-electron chi connectivity index (χ0n) is 12.3. The zero-order valence-corrected chi connectivity index (χ0v) is 14.7. The van der Waals surface area contributed by atoms with E-state index in [0.29, 0.717) is 0 Å². The van der Waals surface area contributed by atoms with Crippen molar-refractivity contribution in [3.8, 4) is 11.5 Å². The van der Waals surface area contributed by atoms with Crippen molar-refractivity contribution in [1.29, 1.82) is 0 Å². The van der Waals surface area contributed by atoms with Gasteiger partial charge < -0.3 is 9.47 Å². The molecule has 4 heteroatoms. The first-order valence-electron chi connectivity index (χ1n) is 6.66. The Bertz CT molecular complexity index is 628. The van der Waals surface area contributed by atoms with E-state index in [4.69, 9.17) is 21.1 Å². The Morgan fingerprint density at radius 1 is 1.05 bits per heavy atom. The molecule has 0 saturated carbocycles. The van der Waals surface area contributed by atoms with E-state index in [0.717, 1.165) is 33.5 Å². The van der Waals surface area contributed by atoms with Crippen molar-refractivity contribution in [2.24, 2.45) is 0 Å². The van der Waals surface area contributed by atoms with Gasteiger partial charge in [-0.3, -0.25) is 0 Å². The fourth-order valence-corrected chi connectivity index (χ4v) is 3.48. The van der Waals surface area contributed by atoms with Crippen molar-refractivity contribution in [3.63, 3.8) is 0 Å². The SMILES string of the molecule is COc1ccc(CC(Cl)c2ccc(C)cc2Br)cc1OC. The van der Waals surface area contributed by atoms with E-state index in [1.807, 2.05) is 18.2 Å². The number of methoxy groups -OCH3 is 2. The summed E-state index contributed by atoms with van der Waals surface area (Å²) in [7, 11) is 3.27. The molecule has 1 atom stereocenters. The molecule has 2 aromatic carbocycles.